The van der Waals surface area contributed by atoms with Crippen LogP contribution in [0.1, 0.15) is 33.6 Å². The fourth-order valence-electron chi connectivity index (χ4n) is 2.15. The molecule has 0 spiro atoms. The topological polar surface area (TPSA) is 23.5 Å². The fourth-order valence-corrected chi connectivity index (χ4v) is 2.15. The normalized spacial score (nSPS) is 28.2. The van der Waals surface area contributed by atoms with E-state index in [9.17, 15) is 5.11 Å². The van der Waals surface area contributed by atoms with E-state index in [-0.39, 0.29) is 0 Å². The van der Waals surface area contributed by atoms with Gasteiger partial charge >= 0.3 is 0 Å². The van der Waals surface area contributed by atoms with E-state index in [0.29, 0.717) is 24.6 Å². The summed E-state index contributed by atoms with van der Waals surface area (Å²) in [6.07, 6.45) is 2.59. The molecule has 2 atom stereocenters. The largest absolute Gasteiger partial charge is 0.395 e. The molecule has 0 radical (unpaired) electrons. The summed E-state index contributed by atoms with van der Waals surface area (Å²) in [4.78, 5) is 2.45. The Morgan fingerprint density at radius 3 is 2.50 bits per heavy atom. The van der Waals surface area contributed by atoms with Gasteiger partial charge in [-0.25, -0.2) is 0 Å². The van der Waals surface area contributed by atoms with E-state index in [2.05, 4.69) is 25.7 Å². The quantitative estimate of drug-likeness (QED) is 0.695. The summed E-state index contributed by atoms with van der Waals surface area (Å²) in [5, 5.41) is 9.23. The van der Waals surface area contributed by atoms with Crippen molar-refractivity contribution in [3.8, 4) is 0 Å². The van der Waals surface area contributed by atoms with Crippen molar-refractivity contribution in [1.29, 1.82) is 0 Å². The van der Waals surface area contributed by atoms with Gasteiger partial charge in [0.2, 0.25) is 0 Å². The van der Waals surface area contributed by atoms with Gasteiger partial charge in [0.15, 0.2) is 0 Å². The smallest absolute Gasteiger partial charge is 0.0589 e. The molecule has 1 heterocycles. The zero-order valence-electron chi connectivity index (χ0n) is 8.45. The summed E-state index contributed by atoms with van der Waals surface area (Å²) >= 11 is 0. The molecule has 12 heavy (non-hydrogen) atoms. The summed E-state index contributed by atoms with van der Waals surface area (Å²) in [6, 6.07) is 1.05. The van der Waals surface area contributed by atoms with Crippen molar-refractivity contribution in [2.45, 2.75) is 45.7 Å². The van der Waals surface area contributed by atoms with Gasteiger partial charge in [-0.05, 0) is 32.2 Å². The van der Waals surface area contributed by atoms with Crippen LogP contribution in [0.25, 0.3) is 0 Å². The number of aliphatic hydroxyl groups is 1. The summed E-state index contributed by atoms with van der Waals surface area (Å²) in [5.74, 6) is 0.565. The van der Waals surface area contributed by atoms with Crippen molar-refractivity contribution in [3.05, 3.63) is 0 Å². The first-order valence-electron chi connectivity index (χ1n) is 5.03. The molecule has 72 valence electrons. The number of hydrogen-bond donors (Lipinski definition) is 1. The monoisotopic (exact) mass is 171 g/mol. The van der Waals surface area contributed by atoms with Crippen LogP contribution in [0.15, 0.2) is 0 Å². The van der Waals surface area contributed by atoms with E-state index < -0.39 is 0 Å². The number of aliphatic hydroxyl groups excluding tert-OH is 1. The minimum atomic E-state index is 0.308. The average Bonchev–Trinajstić information content (AvgIpc) is 2.38. The van der Waals surface area contributed by atoms with Crippen LogP contribution >= 0.6 is 0 Å². The molecule has 1 rings (SSSR count). The number of likely N-dealkylation sites (tertiary alicyclic amines) is 1. The van der Waals surface area contributed by atoms with Crippen LogP contribution in [0.3, 0.4) is 0 Å². The molecule has 0 aliphatic carbocycles. The lowest BCUT2D eigenvalue weighted by atomic mass is 10.0. The van der Waals surface area contributed by atoms with Crippen molar-refractivity contribution in [3.63, 3.8) is 0 Å². The van der Waals surface area contributed by atoms with E-state index in [4.69, 9.17) is 0 Å². The van der Waals surface area contributed by atoms with E-state index in [1.165, 1.54) is 19.4 Å². The third kappa shape index (κ3) is 1.99. The van der Waals surface area contributed by atoms with Crippen molar-refractivity contribution in [2.75, 3.05) is 13.2 Å². The van der Waals surface area contributed by atoms with Gasteiger partial charge in [-0.1, -0.05) is 13.8 Å². The third-order valence-corrected chi connectivity index (χ3v) is 2.99. The Hall–Kier alpha value is -0.0800. The highest BCUT2D eigenvalue weighted by Gasteiger charge is 2.28. The first kappa shape index (κ1) is 10.0. The standard InChI is InChI=1S/C10H21NO/c1-8(2)10(7-12)11-6-4-5-9(11)3/h8-10,12H,4-7H2,1-3H3. The predicted octanol–water partition coefficient (Wildman–Crippen LogP) is 1.49. The summed E-state index contributed by atoms with van der Waals surface area (Å²) in [5.41, 5.74) is 0. The average molecular weight is 171 g/mol. The highest BCUT2D eigenvalue weighted by Crippen LogP contribution is 2.22. The third-order valence-electron chi connectivity index (χ3n) is 2.99. The van der Waals surface area contributed by atoms with Crippen molar-refractivity contribution < 1.29 is 5.11 Å². The lowest BCUT2D eigenvalue weighted by molar-refractivity contribution is 0.0862. The Bertz CT molecular complexity index is 136. The van der Waals surface area contributed by atoms with Crippen molar-refractivity contribution >= 4 is 0 Å². The number of hydrogen-bond acceptors (Lipinski definition) is 2. The Morgan fingerprint density at radius 1 is 1.50 bits per heavy atom. The van der Waals surface area contributed by atoms with Crippen LogP contribution in [0.4, 0.5) is 0 Å². The molecule has 1 aliphatic rings. The van der Waals surface area contributed by atoms with Crippen molar-refractivity contribution in [1.82, 2.24) is 4.90 Å². The van der Waals surface area contributed by atoms with E-state index in [1.807, 2.05) is 0 Å². The molecular formula is C10H21NO. The Kier molecular flexibility index (Phi) is 3.53. The summed E-state index contributed by atoms with van der Waals surface area (Å²) in [7, 11) is 0. The second-order valence-electron chi connectivity index (χ2n) is 4.22. The molecule has 0 aromatic carbocycles. The van der Waals surface area contributed by atoms with Gasteiger partial charge < -0.3 is 5.11 Å². The van der Waals surface area contributed by atoms with Gasteiger partial charge in [0, 0.05) is 12.1 Å². The van der Waals surface area contributed by atoms with Crippen LogP contribution in [-0.4, -0.2) is 35.2 Å². The molecule has 2 nitrogen and oxygen atoms in total. The lowest BCUT2D eigenvalue weighted by Crippen LogP contribution is -2.43. The maximum Gasteiger partial charge on any atom is 0.0589 e. The number of rotatable bonds is 3. The SMILES string of the molecule is CC(C)C(CO)N1CCCC1C. The zero-order valence-corrected chi connectivity index (χ0v) is 8.45. The molecule has 1 fully saturated rings. The van der Waals surface area contributed by atoms with Gasteiger partial charge in [0.1, 0.15) is 0 Å². The first-order chi connectivity index (χ1) is 5.66. The van der Waals surface area contributed by atoms with Gasteiger partial charge in [-0.2, -0.15) is 0 Å². The Labute approximate surface area is 75.6 Å². The van der Waals surface area contributed by atoms with E-state index in [0.717, 1.165) is 0 Å². The van der Waals surface area contributed by atoms with E-state index in [1.54, 1.807) is 0 Å². The molecule has 0 bridgehead atoms. The molecule has 0 aromatic rings. The molecule has 1 saturated heterocycles. The molecule has 0 saturated carbocycles. The van der Waals surface area contributed by atoms with Crippen LogP contribution in [0.2, 0.25) is 0 Å². The maximum absolute atomic E-state index is 9.23. The van der Waals surface area contributed by atoms with Gasteiger partial charge in [-0.3, -0.25) is 4.90 Å². The fraction of sp³-hybridized carbons (Fsp3) is 1.00. The first-order valence-corrected chi connectivity index (χ1v) is 5.03. The van der Waals surface area contributed by atoms with Crippen LogP contribution in [0.5, 0.6) is 0 Å². The Morgan fingerprint density at radius 2 is 2.17 bits per heavy atom. The van der Waals surface area contributed by atoms with Gasteiger partial charge in [-0.15, -0.1) is 0 Å². The molecular weight excluding hydrogens is 150 g/mol. The highest BCUT2D eigenvalue weighted by molar-refractivity contribution is 4.83. The lowest BCUT2D eigenvalue weighted by Gasteiger charge is -2.32. The Balaban J connectivity index is 2.52. The summed E-state index contributed by atoms with van der Waals surface area (Å²) < 4.78 is 0. The molecule has 0 aromatic heterocycles. The second-order valence-corrected chi connectivity index (χ2v) is 4.22. The molecule has 1 N–H and O–H groups in total. The van der Waals surface area contributed by atoms with Gasteiger partial charge in [0.05, 0.1) is 6.61 Å². The van der Waals surface area contributed by atoms with Crippen LogP contribution in [0, 0.1) is 5.92 Å². The predicted molar refractivity (Wildman–Crippen MR) is 51.1 cm³/mol. The maximum atomic E-state index is 9.23. The minimum Gasteiger partial charge on any atom is -0.395 e. The van der Waals surface area contributed by atoms with Crippen LogP contribution in [-0.2, 0) is 0 Å². The minimum absolute atomic E-state index is 0.308. The number of nitrogens with zero attached hydrogens (tertiary/aromatic N) is 1. The summed E-state index contributed by atoms with van der Waals surface area (Å²) in [6.45, 7) is 8.11. The molecule has 2 heteroatoms. The van der Waals surface area contributed by atoms with Crippen molar-refractivity contribution in [2.24, 2.45) is 5.92 Å². The molecule has 0 amide bonds. The second kappa shape index (κ2) is 4.24. The molecule has 1 aliphatic heterocycles. The van der Waals surface area contributed by atoms with Crippen LogP contribution < -0.4 is 0 Å². The zero-order chi connectivity index (χ0) is 9.14. The molecule has 2 unspecified atom stereocenters. The van der Waals surface area contributed by atoms with E-state index >= 15 is 0 Å². The highest BCUT2D eigenvalue weighted by atomic mass is 16.3. The van der Waals surface area contributed by atoms with Gasteiger partial charge in [0.25, 0.3) is 0 Å².